The standard InChI is InChI=1S/C19H25N3O/c1-13-8-7-11-18(20-13)21-19(23)17-12-14(2)22(15(17)3)16-9-5-4-6-10-16/h7-8,11-12,16H,4-6,9-10H2,1-3H3,(H,20,21,23). The second-order valence-electron chi connectivity index (χ2n) is 6.56. The van der Waals surface area contributed by atoms with Gasteiger partial charge in [0.1, 0.15) is 5.82 Å². The van der Waals surface area contributed by atoms with E-state index in [4.69, 9.17) is 0 Å². The summed E-state index contributed by atoms with van der Waals surface area (Å²) in [6.07, 6.45) is 6.35. The van der Waals surface area contributed by atoms with E-state index < -0.39 is 0 Å². The summed E-state index contributed by atoms with van der Waals surface area (Å²) in [6, 6.07) is 8.20. The van der Waals surface area contributed by atoms with Gasteiger partial charge in [0, 0.05) is 23.1 Å². The van der Waals surface area contributed by atoms with Crippen molar-refractivity contribution in [3.05, 3.63) is 46.9 Å². The zero-order chi connectivity index (χ0) is 16.4. The number of rotatable bonds is 3. The predicted molar refractivity (Wildman–Crippen MR) is 93.0 cm³/mol. The molecule has 0 unspecified atom stereocenters. The lowest BCUT2D eigenvalue weighted by molar-refractivity contribution is 0.102. The Morgan fingerprint density at radius 1 is 1.17 bits per heavy atom. The Balaban J connectivity index is 1.84. The van der Waals surface area contributed by atoms with E-state index in [0.717, 1.165) is 17.0 Å². The number of nitrogens with one attached hydrogen (secondary N) is 1. The van der Waals surface area contributed by atoms with Crippen LogP contribution in [0.3, 0.4) is 0 Å². The minimum absolute atomic E-state index is 0.0711. The van der Waals surface area contributed by atoms with Crippen molar-refractivity contribution in [3.63, 3.8) is 0 Å². The average Bonchev–Trinajstić information content (AvgIpc) is 2.83. The van der Waals surface area contributed by atoms with Gasteiger partial charge in [0.25, 0.3) is 5.91 Å². The molecular weight excluding hydrogens is 286 g/mol. The topological polar surface area (TPSA) is 46.9 Å². The molecule has 0 saturated heterocycles. The van der Waals surface area contributed by atoms with Crippen molar-refractivity contribution >= 4 is 11.7 Å². The summed E-state index contributed by atoms with van der Waals surface area (Å²) in [5.74, 6) is 0.538. The molecule has 4 heteroatoms. The Morgan fingerprint density at radius 2 is 1.91 bits per heavy atom. The molecule has 0 atom stereocenters. The highest BCUT2D eigenvalue weighted by atomic mass is 16.1. The lowest BCUT2D eigenvalue weighted by Gasteiger charge is -2.26. The molecule has 0 spiro atoms. The fourth-order valence-electron chi connectivity index (χ4n) is 3.70. The Bertz CT molecular complexity index is 711. The molecule has 4 nitrogen and oxygen atoms in total. The van der Waals surface area contributed by atoms with Crippen LogP contribution in [0.5, 0.6) is 0 Å². The number of hydrogen-bond acceptors (Lipinski definition) is 2. The highest BCUT2D eigenvalue weighted by Crippen LogP contribution is 2.32. The number of aromatic nitrogens is 2. The lowest BCUT2D eigenvalue weighted by atomic mass is 9.95. The molecular formula is C19H25N3O. The fourth-order valence-corrected chi connectivity index (χ4v) is 3.70. The van der Waals surface area contributed by atoms with Gasteiger partial charge in [-0.25, -0.2) is 4.98 Å². The SMILES string of the molecule is Cc1cccc(NC(=O)c2cc(C)n(C3CCCCC3)c2C)n1. The maximum Gasteiger partial charge on any atom is 0.258 e. The van der Waals surface area contributed by atoms with Gasteiger partial charge < -0.3 is 9.88 Å². The number of anilines is 1. The van der Waals surface area contributed by atoms with Gasteiger partial charge >= 0.3 is 0 Å². The van der Waals surface area contributed by atoms with Gasteiger partial charge in [-0.1, -0.05) is 25.3 Å². The van der Waals surface area contributed by atoms with Crippen LogP contribution in [0.4, 0.5) is 5.82 Å². The molecule has 1 fully saturated rings. The predicted octanol–water partition coefficient (Wildman–Crippen LogP) is 4.57. The summed E-state index contributed by atoms with van der Waals surface area (Å²) >= 11 is 0. The zero-order valence-corrected chi connectivity index (χ0v) is 14.2. The lowest BCUT2D eigenvalue weighted by Crippen LogP contribution is -2.17. The monoisotopic (exact) mass is 311 g/mol. The Morgan fingerprint density at radius 3 is 2.61 bits per heavy atom. The number of amides is 1. The van der Waals surface area contributed by atoms with Gasteiger partial charge in [-0.05, 0) is 51.8 Å². The van der Waals surface area contributed by atoms with E-state index in [1.54, 1.807) is 0 Å². The second-order valence-corrected chi connectivity index (χ2v) is 6.56. The summed E-state index contributed by atoms with van der Waals surface area (Å²) in [4.78, 5) is 17.0. The number of pyridine rings is 1. The quantitative estimate of drug-likeness (QED) is 0.903. The summed E-state index contributed by atoms with van der Waals surface area (Å²) in [7, 11) is 0. The van der Waals surface area contributed by atoms with Crippen LogP contribution in [0, 0.1) is 20.8 Å². The molecule has 1 N–H and O–H groups in total. The highest BCUT2D eigenvalue weighted by molar-refractivity contribution is 6.04. The van der Waals surface area contributed by atoms with E-state index in [1.807, 2.05) is 31.2 Å². The molecule has 1 aliphatic carbocycles. The first-order valence-electron chi connectivity index (χ1n) is 8.49. The first-order chi connectivity index (χ1) is 11.1. The molecule has 2 heterocycles. The van der Waals surface area contributed by atoms with Gasteiger partial charge in [-0.3, -0.25) is 4.79 Å². The Labute approximate surface area is 137 Å². The maximum absolute atomic E-state index is 12.6. The zero-order valence-electron chi connectivity index (χ0n) is 14.2. The van der Waals surface area contributed by atoms with E-state index in [-0.39, 0.29) is 5.91 Å². The van der Waals surface area contributed by atoms with Gasteiger partial charge in [-0.2, -0.15) is 0 Å². The van der Waals surface area contributed by atoms with Gasteiger partial charge in [0.05, 0.1) is 5.56 Å². The molecule has 0 radical (unpaired) electrons. The van der Waals surface area contributed by atoms with Crippen LogP contribution in [-0.4, -0.2) is 15.5 Å². The number of hydrogen-bond donors (Lipinski definition) is 1. The first-order valence-corrected chi connectivity index (χ1v) is 8.49. The molecule has 23 heavy (non-hydrogen) atoms. The summed E-state index contributed by atoms with van der Waals surface area (Å²) in [5, 5.41) is 2.92. The van der Waals surface area contributed by atoms with Gasteiger partial charge in [0.2, 0.25) is 0 Å². The van der Waals surface area contributed by atoms with Crippen molar-refractivity contribution in [3.8, 4) is 0 Å². The largest absolute Gasteiger partial charge is 0.345 e. The fraction of sp³-hybridized carbons (Fsp3) is 0.474. The summed E-state index contributed by atoms with van der Waals surface area (Å²) < 4.78 is 2.36. The van der Waals surface area contributed by atoms with E-state index in [1.165, 1.54) is 37.8 Å². The molecule has 1 amide bonds. The third-order valence-corrected chi connectivity index (χ3v) is 4.80. The smallest absolute Gasteiger partial charge is 0.258 e. The highest BCUT2D eigenvalue weighted by Gasteiger charge is 2.22. The summed E-state index contributed by atoms with van der Waals surface area (Å²) in [6.45, 7) is 6.08. The van der Waals surface area contributed by atoms with Gasteiger partial charge in [-0.15, -0.1) is 0 Å². The van der Waals surface area contributed by atoms with E-state index in [2.05, 4.69) is 28.7 Å². The molecule has 122 valence electrons. The van der Waals surface area contributed by atoms with Crippen molar-refractivity contribution in [2.45, 2.75) is 58.9 Å². The minimum Gasteiger partial charge on any atom is -0.345 e. The third-order valence-electron chi connectivity index (χ3n) is 4.80. The number of carbonyl (C=O) groups is 1. The molecule has 1 aliphatic rings. The molecule has 2 aromatic heterocycles. The van der Waals surface area contributed by atoms with Crippen molar-refractivity contribution < 1.29 is 4.79 Å². The van der Waals surface area contributed by atoms with Crippen molar-refractivity contribution in [1.82, 2.24) is 9.55 Å². The Hall–Kier alpha value is -2.10. The number of carbonyl (C=O) groups excluding carboxylic acids is 1. The van der Waals surface area contributed by atoms with Gasteiger partial charge in [0.15, 0.2) is 0 Å². The Kier molecular flexibility index (Phi) is 4.51. The molecule has 3 rings (SSSR count). The molecule has 0 aliphatic heterocycles. The third kappa shape index (κ3) is 3.31. The molecule has 2 aromatic rings. The maximum atomic E-state index is 12.6. The first kappa shape index (κ1) is 15.8. The van der Waals surface area contributed by atoms with E-state index >= 15 is 0 Å². The molecule has 0 bridgehead atoms. The van der Waals surface area contributed by atoms with Crippen LogP contribution < -0.4 is 5.32 Å². The van der Waals surface area contributed by atoms with Crippen molar-refractivity contribution in [2.75, 3.05) is 5.32 Å². The van der Waals surface area contributed by atoms with Crippen LogP contribution in [0.2, 0.25) is 0 Å². The van der Waals surface area contributed by atoms with Crippen molar-refractivity contribution in [1.29, 1.82) is 0 Å². The normalized spacial score (nSPS) is 15.6. The number of aryl methyl sites for hydroxylation is 2. The average molecular weight is 311 g/mol. The minimum atomic E-state index is -0.0711. The summed E-state index contributed by atoms with van der Waals surface area (Å²) in [5.41, 5.74) is 3.91. The van der Waals surface area contributed by atoms with Crippen LogP contribution in [0.1, 0.15) is 65.6 Å². The van der Waals surface area contributed by atoms with Crippen LogP contribution in [0.15, 0.2) is 24.3 Å². The second kappa shape index (κ2) is 6.57. The van der Waals surface area contributed by atoms with Crippen LogP contribution in [-0.2, 0) is 0 Å². The molecule has 1 saturated carbocycles. The molecule has 0 aromatic carbocycles. The van der Waals surface area contributed by atoms with Crippen molar-refractivity contribution in [2.24, 2.45) is 0 Å². The number of nitrogens with zero attached hydrogens (tertiary/aromatic N) is 2. The van der Waals surface area contributed by atoms with E-state index in [9.17, 15) is 4.79 Å². The van der Waals surface area contributed by atoms with E-state index in [0.29, 0.717) is 11.9 Å². The van der Waals surface area contributed by atoms with Crippen LogP contribution in [0.25, 0.3) is 0 Å². The van der Waals surface area contributed by atoms with Crippen LogP contribution >= 0.6 is 0 Å².